The van der Waals surface area contributed by atoms with Gasteiger partial charge in [-0.05, 0) is 12.1 Å². The molecule has 0 radical (unpaired) electrons. The normalized spacial score (nSPS) is 18.1. The molecule has 0 saturated heterocycles. The predicted octanol–water partition coefficient (Wildman–Crippen LogP) is 1.27. The summed E-state index contributed by atoms with van der Waals surface area (Å²) in [5.74, 6) is 5.08. The van der Waals surface area contributed by atoms with E-state index in [9.17, 15) is 4.39 Å². The van der Waals surface area contributed by atoms with E-state index >= 15 is 0 Å². The molecule has 68 valence electrons. The highest BCUT2D eigenvalue weighted by molar-refractivity contribution is 6.03. The molecule has 2 rings (SSSR count). The number of hydrogen-bond acceptors (Lipinski definition) is 3. The van der Waals surface area contributed by atoms with Crippen LogP contribution in [0, 0.1) is 5.82 Å². The largest absolute Gasteiger partial charge is 0.489 e. The van der Waals surface area contributed by atoms with Crippen LogP contribution in [0.5, 0.6) is 5.75 Å². The first kappa shape index (κ1) is 8.04. The highest BCUT2D eigenvalue weighted by Crippen LogP contribution is 2.27. The molecule has 0 atom stereocenters. The molecule has 4 heteroatoms. The Kier molecular flexibility index (Phi) is 1.88. The number of rotatable bonds is 0. The van der Waals surface area contributed by atoms with Gasteiger partial charge in [0.05, 0.1) is 12.3 Å². The molecule has 1 aromatic carbocycles. The number of nitrogens with two attached hydrogens (primary N) is 1. The Morgan fingerprint density at radius 2 is 2.31 bits per heavy atom. The van der Waals surface area contributed by atoms with Crippen molar-refractivity contribution in [2.75, 3.05) is 6.61 Å². The van der Waals surface area contributed by atoms with E-state index in [1.165, 1.54) is 6.07 Å². The van der Waals surface area contributed by atoms with E-state index in [0.29, 0.717) is 24.3 Å². The topological polar surface area (TPSA) is 47.6 Å². The number of fused-ring (bicyclic) bond motifs is 1. The van der Waals surface area contributed by atoms with E-state index in [1.54, 1.807) is 12.1 Å². The summed E-state index contributed by atoms with van der Waals surface area (Å²) >= 11 is 0. The van der Waals surface area contributed by atoms with Gasteiger partial charge in [-0.15, -0.1) is 0 Å². The van der Waals surface area contributed by atoms with Crippen molar-refractivity contribution < 1.29 is 9.13 Å². The summed E-state index contributed by atoms with van der Waals surface area (Å²) in [6.07, 6.45) is 0.632. The van der Waals surface area contributed by atoms with Gasteiger partial charge in [0, 0.05) is 12.0 Å². The highest BCUT2D eigenvalue weighted by atomic mass is 19.1. The second-order valence-electron chi connectivity index (χ2n) is 2.79. The number of halogens is 1. The monoisotopic (exact) mass is 180 g/mol. The summed E-state index contributed by atoms with van der Waals surface area (Å²) in [4.78, 5) is 0. The fourth-order valence-corrected chi connectivity index (χ4v) is 1.40. The first-order valence-electron chi connectivity index (χ1n) is 4.01. The molecule has 1 heterocycles. The van der Waals surface area contributed by atoms with E-state index in [-0.39, 0.29) is 11.6 Å². The lowest BCUT2D eigenvalue weighted by Gasteiger charge is -2.18. The van der Waals surface area contributed by atoms with Crippen LogP contribution in [0.25, 0.3) is 0 Å². The zero-order valence-electron chi connectivity index (χ0n) is 6.96. The van der Waals surface area contributed by atoms with E-state index in [4.69, 9.17) is 10.6 Å². The molecule has 1 aliphatic rings. The van der Waals surface area contributed by atoms with Crippen LogP contribution in [-0.4, -0.2) is 12.3 Å². The lowest BCUT2D eigenvalue weighted by atomic mass is 10.0. The number of ether oxygens (including phenoxy) is 1. The van der Waals surface area contributed by atoms with Crippen molar-refractivity contribution in [1.82, 2.24) is 0 Å². The zero-order valence-corrected chi connectivity index (χ0v) is 6.96. The van der Waals surface area contributed by atoms with Crippen LogP contribution in [-0.2, 0) is 0 Å². The van der Waals surface area contributed by atoms with E-state index in [0.717, 1.165) is 0 Å². The Labute approximate surface area is 75.0 Å². The van der Waals surface area contributed by atoms with Crippen molar-refractivity contribution in [3.63, 3.8) is 0 Å². The predicted molar refractivity (Wildman–Crippen MR) is 47.2 cm³/mol. The number of para-hydroxylation sites is 1. The van der Waals surface area contributed by atoms with E-state index < -0.39 is 0 Å². The van der Waals surface area contributed by atoms with Gasteiger partial charge < -0.3 is 10.6 Å². The maximum atomic E-state index is 13.2. The van der Waals surface area contributed by atoms with Crippen molar-refractivity contribution in [3.05, 3.63) is 29.6 Å². The highest BCUT2D eigenvalue weighted by Gasteiger charge is 2.19. The lowest BCUT2D eigenvalue weighted by Crippen LogP contribution is -2.18. The third-order valence-electron chi connectivity index (χ3n) is 2.02. The molecule has 2 N–H and O–H groups in total. The summed E-state index contributed by atoms with van der Waals surface area (Å²) in [5, 5.41) is 3.60. The summed E-state index contributed by atoms with van der Waals surface area (Å²) in [6.45, 7) is 0.434. The number of hydrazone groups is 1. The molecular formula is C9H9FN2O. The Morgan fingerprint density at radius 1 is 1.46 bits per heavy atom. The second kappa shape index (κ2) is 3.05. The fourth-order valence-electron chi connectivity index (χ4n) is 1.40. The molecule has 0 saturated carbocycles. The fraction of sp³-hybridized carbons (Fsp3) is 0.222. The molecule has 1 aromatic rings. The van der Waals surface area contributed by atoms with Crippen molar-refractivity contribution >= 4 is 5.71 Å². The SMILES string of the molecule is N/N=C1\CCOc2c(F)cccc21. The third kappa shape index (κ3) is 1.24. The van der Waals surface area contributed by atoms with Gasteiger partial charge in [-0.3, -0.25) is 0 Å². The first-order chi connectivity index (χ1) is 6.33. The smallest absolute Gasteiger partial charge is 0.165 e. The van der Waals surface area contributed by atoms with E-state index in [2.05, 4.69) is 5.10 Å². The van der Waals surface area contributed by atoms with Crippen LogP contribution in [0.4, 0.5) is 4.39 Å². The summed E-state index contributed by atoms with van der Waals surface area (Å²) < 4.78 is 18.3. The van der Waals surface area contributed by atoms with E-state index in [1.807, 2.05) is 0 Å². The maximum absolute atomic E-state index is 13.2. The summed E-state index contributed by atoms with van der Waals surface area (Å²) in [5.41, 5.74) is 1.36. The molecule has 1 aliphatic heterocycles. The van der Waals surface area contributed by atoms with Gasteiger partial charge in [-0.25, -0.2) is 4.39 Å². The van der Waals surface area contributed by atoms with Crippen molar-refractivity contribution in [1.29, 1.82) is 0 Å². The van der Waals surface area contributed by atoms with Crippen molar-refractivity contribution in [2.24, 2.45) is 10.9 Å². The molecule has 0 aromatic heterocycles. The van der Waals surface area contributed by atoms with Crippen LogP contribution in [0.2, 0.25) is 0 Å². The zero-order chi connectivity index (χ0) is 9.26. The lowest BCUT2D eigenvalue weighted by molar-refractivity contribution is 0.303. The van der Waals surface area contributed by atoms with Crippen LogP contribution >= 0.6 is 0 Å². The average Bonchev–Trinajstić information content (AvgIpc) is 2.18. The van der Waals surface area contributed by atoms with Gasteiger partial charge in [-0.2, -0.15) is 5.10 Å². The molecule has 0 bridgehead atoms. The van der Waals surface area contributed by atoms with Crippen molar-refractivity contribution in [3.8, 4) is 5.75 Å². The molecule has 3 nitrogen and oxygen atoms in total. The van der Waals surface area contributed by atoms with Gasteiger partial charge in [0.25, 0.3) is 0 Å². The number of benzene rings is 1. The Balaban J connectivity index is 2.58. The molecule has 13 heavy (non-hydrogen) atoms. The van der Waals surface area contributed by atoms with Crippen LogP contribution in [0.1, 0.15) is 12.0 Å². The molecule has 0 fully saturated rings. The van der Waals surface area contributed by atoms with Crippen LogP contribution in [0.15, 0.2) is 23.3 Å². The number of hydrogen-bond donors (Lipinski definition) is 1. The minimum absolute atomic E-state index is 0.262. The number of nitrogens with zero attached hydrogens (tertiary/aromatic N) is 1. The van der Waals surface area contributed by atoms with Crippen LogP contribution in [0.3, 0.4) is 0 Å². The second-order valence-corrected chi connectivity index (χ2v) is 2.79. The minimum Gasteiger partial charge on any atom is -0.489 e. The summed E-state index contributed by atoms with van der Waals surface area (Å²) in [7, 11) is 0. The Morgan fingerprint density at radius 3 is 3.08 bits per heavy atom. The van der Waals surface area contributed by atoms with Gasteiger partial charge in [-0.1, -0.05) is 6.07 Å². The van der Waals surface area contributed by atoms with Gasteiger partial charge in [0.1, 0.15) is 0 Å². The molecule has 0 aliphatic carbocycles. The Hall–Kier alpha value is -1.58. The Bertz CT molecular complexity index is 363. The van der Waals surface area contributed by atoms with Crippen LogP contribution < -0.4 is 10.6 Å². The molecule has 0 spiro atoms. The summed E-state index contributed by atoms with van der Waals surface area (Å²) in [6, 6.07) is 4.73. The van der Waals surface area contributed by atoms with Gasteiger partial charge >= 0.3 is 0 Å². The standard InChI is InChI=1S/C9H9FN2O/c10-7-3-1-2-6-8(12-11)4-5-13-9(6)7/h1-3H,4-5,11H2/b12-8+. The quantitative estimate of drug-likeness (QED) is 0.482. The molecular weight excluding hydrogens is 171 g/mol. The average molecular weight is 180 g/mol. The maximum Gasteiger partial charge on any atom is 0.165 e. The molecule has 0 amide bonds. The first-order valence-corrected chi connectivity index (χ1v) is 4.01. The molecule has 0 unspecified atom stereocenters. The van der Waals surface area contributed by atoms with Gasteiger partial charge in [0.2, 0.25) is 0 Å². The van der Waals surface area contributed by atoms with Crippen molar-refractivity contribution in [2.45, 2.75) is 6.42 Å². The third-order valence-corrected chi connectivity index (χ3v) is 2.02. The van der Waals surface area contributed by atoms with Gasteiger partial charge in [0.15, 0.2) is 11.6 Å². The minimum atomic E-state index is -0.363.